The number of nitrogen functional groups attached to an aromatic ring is 1. The standard InChI is InChI=1S/C14H16N2O/c1-10-12(6-4-8-16-10)14(17)9-11-5-2-3-7-13(11)15/h2-8,14,17H,9,15H2,1H3. The van der Waals surface area contributed by atoms with Gasteiger partial charge in [0.15, 0.2) is 0 Å². The Morgan fingerprint density at radius 1 is 1.24 bits per heavy atom. The van der Waals surface area contributed by atoms with Gasteiger partial charge >= 0.3 is 0 Å². The summed E-state index contributed by atoms with van der Waals surface area (Å²) in [6.45, 7) is 1.90. The summed E-state index contributed by atoms with van der Waals surface area (Å²) in [6, 6.07) is 11.3. The number of hydrogen-bond donors (Lipinski definition) is 2. The minimum Gasteiger partial charge on any atom is -0.399 e. The Labute approximate surface area is 101 Å². The molecule has 1 aromatic carbocycles. The number of aromatic nitrogens is 1. The molecule has 1 heterocycles. The summed E-state index contributed by atoms with van der Waals surface area (Å²) >= 11 is 0. The maximum Gasteiger partial charge on any atom is 0.0848 e. The van der Waals surface area contributed by atoms with Crippen molar-refractivity contribution in [3.05, 3.63) is 59.4 Å². The normalized spacial score (nSPS) is 12.4. The number of aryl methyl sites for hydroxylation is 1. The van der Waals surface area contributed by atoms with E-state index >= 15 is 0 Å². The largest absolute Gasteiger partial charge is 0.399 e. The first-order valence-corrected chi connectivity index (χ1v) is 5.61. The van der Waals surface area contributed by atoms with Crippen molar-refractivity contribution in [1.29, 1.82) is 0 Å². The van der Waals surface area contributed by atoms with Crippen molar-refractivity contribution in [2.75, 3.05) is 5.73 Å². The van der Waals surface area contributed by atoms with Crippen molar-refractivity contribution >= 4 is 5.69 Å². The van der Waals surface area contributed by atoms with Crippen LogP contribution in [-0.2, 0) is 6.42 Å². The minimum atomic E-state index is -0.562. The highest BCUT2D eigenvalue weighted by atomic mass is 16.3. The number of aliphatic hydroxyl groups is 1. The van der Waals surface area contributed by atoms with E-state index in [0.717, 1.165) is 16.8 Å². The summed E-state index contributed by atoms with van der Waals surface area (Å²) in [5.41, 5.74) is 9.25. The molecule has 2 aromatic rings. The molecule has 1 atom stereocenters. The summed E-state index contributed by atoms with van der Waals surface area (Å²) in [6.07, 6.45) is 1.68. The van der Waals surface area contributed by atoms with Gasteiger partial charge in [0.05, 0.1) is 6.10 Å². The summed E-state index contributed by atoms with van der Waals surface area (Å²) in [5.74, 6) is 0. The van der Waals surface area contributed by atoms with Crippen LogP contribution in [0.5, 0.6) is 0 Å². The predicted molar refractivity (Wildman–Crippen MR) is 68.5 cm³/mol. The van der Waals surface area contributed by atoms with Crippen LogP contribution in [0.15, 0.2) is 42.6 Å². The van der Waals surface area contributed by atoms with Crippen LogP contribution in [0.1, 0.15) is 22.9 Å². The van der Waals surface area contributed by atoms with E-state index in [-0.39, 0.29) is 0 Å². The van der Waals surface area contributed by atoms with Gasteiger partial charge in [0, 0.05) is 29.6 Å². The number of anilines is 1. The Morgan fingerprint density at radius 3 is 2.71 bits per heavy atom. The van der Waals surface area contributed by atoms with Crippen LogP contribution < -0.4 is 5.73 Å². The molecule has 3 nitrogen and oxygen atoms in total. The van der Waals surface area contributed by atoms with E-state index < -0.39 is 6.10 Å². The van der Waals surface area contributed by atoms with Crippen molar-refractivity contribution in [2.45, 2.75) is 19.4 Å². The van der Waals surface area contributed by atoms with Gasteiger partial charge in [-0.15, -0.1) is 0 Å². The van der Waals surface area contributed by atoms with Gasteiger partial charge in [0.2, 0.25) is 0 Å². The maximum atomic E-state index is 10.2. The number of benzene rings is 1. The van der Waals surface area contributed by atoms with Crippen molar-refractivity contribution in [1.82, 2.24) is 4.98 Å². The van der Waals surface area contributed by atoms with Crippen molar-refractivity contribution in [3.63, 3.8) is 0 Å². The lowest BCUT2D eigenvalue weighted by Gasteiger charge is -2.14. The number of hydrogen-bond acceptors (Lipinski definition) is 3. The summed E-state index contributed by atoms with van der Waals surface area (Å²) < 4.78 is 0. The van der Waals surface area contributed by atoms with Crippen molar-refractivity contribution < 1.29 is 5.11 Å². The van der Waals surface area contributed by atoms with Crippen LogP contribution in [0.4, 0.5) is 5.69 Å². The van der Waals surface area contributed by atoms with E-state index in [1.165, 1.54) is 0 Å². The van der Waals surface area contributed by atoms with Gasteiger partial charge in [0.1, 0.15) is 0 Å². The molecule has 0 fully saturated rings. The van der Waals surface area contributed by atoms with E-state index in [4.69, 9.17) is 5.73 Å². The molecular formula is C14H16N2O. The van der Waals surface area contributed by atoms with Crippen LogP contribution in [-0.4, -0.2) is 10.1 Å². The molecule has 0 saturated carbocycles. The van der Waals surface area contributed by atoms with Crippen LogP contribution >= 0.6 is 0 Å². The zero-order valence-corrected chi connectivity index (χ0v) is 9.80. The SMILES string of the molecule is Cc1ncccc1C(O)Cc1ccccc1N. The van der Waals surface area contributed by atoms with Gasteiger partial charge in [-0.3, -0.25) is 4.98 Å². The van der Waals surface area contributed by atoms with Gasteiger partial charge in [-0.05, 0) is 24.6 Å². The monoisotopic (exact) mass is 228 g/mol. The van der Waals surface area contributed by atoms with E-state index in [9.17, 15) is 5.11 Å². The lowest BCUT2D eigenvalue weighted by molar-refractivity contribution is 0.177. The lowest BCUT2D eigenvalue weighted by atomic mass is 9.99. The smallest absolute Gasteiger partial charge is 0.0848 e. The molecule has 0 spiro atoms. The number of nitrogens with zero attached hydrogens (tertiary/aromatic N) is 1. The van der Waals surface area contributed by atoms with Gasteiger partial charge in [-0.25, -0.2) is 0 Å². The number of nitrogens with two attached hydrogens (primary N) is 1. The first-order chi connectivity index (χ1) is 8.18. The molecule has 0 aliphatic carbocycles. The molecule has 17 heavy (non-hydrogen) atoms. The minimum absolute atomic E-state index is 0.513. The fourth-order valence-electron chi connectivity index (χ4n) is 1.89. The topological polar surface area (TPSA) is 59.1 Å². The Hall–Kier alpha value is -1.87. The maximum absolute atomic E-state index is 10.2. The molecule has 88 valence electrons. The third-order valence-corrected chi connectivity index (χ3v) is 2.88. The van der Waals surface area contributed by atoms with Crippen molar-refractivity contribution in [3.8, 4) is 0 Å². The van der Waals surface area contributed by atoms with Crippen LogP contribution in [0.25, 0.3) is 0 Å². The third-order valence-electron chi connectivity index (χ3n) is 2.88. The molecular weight excluding hydrogens is 212 g/mol. The van der Waals surface area contributed by atoms with Crippen molar-refractivity contribution in [2.24, 2.45) is 0 Å². The molecule has 2 rings (SSSR count). The highest BCUT2D eigenvalue weighted by molar-refractivity contribution is 5.47. The number of para-hydroxylation sites is 1. The van der Waals surface area contributed by atoms with Crippen LogP contribution in [0.3, 0.4) is 0 Å². The Morgan fingerprint density at radius 2 is 2.00 bits per heavy atom. The quantitative estimate of drug-likeness (QED) is 0.792. The second-order valence-corrected chi connectivity index (χ2v) is 4.10. The molecule has 3 heteroatoms. The highest BCUT2D eigenvalue weighted by Gasteiger charge is 2.12. The van der Waals surface area contributed by atoms with Gasteiger partial charge in [0.25, 0.3) is 0 Å². The zero-order chi connectivity index (χ0) is 12.3. The number of aliphatic hydroxyl groups excluding tert-OH is 1. The van der Waals surface area contributed by atoms with Gasteiger partial charge in [-0.1, -0.05) is 24.3 Å². The van der Waals surface area contributed by atoms with Crippen LogP contribution in [0.2, 0.25) is 0 Å². The zero-order valence-electron chi connectivity index (χ0n) is 9.80. The Bertz CT molecular complexity index is 511. The summed E-state index contributed by atoms with van der Waals surface area (Å²) in [5, 5.41) is 10.2. The fourth-order valence-corrected chi connectivity index (χ4v) is 1.89. The Balaban J connectivity index is 2.20. The average molecular weight is 228 g/mol. The van der Waals surface area contributed by atoms with E-state index in [1.807, 2.05) is 43.3 Å². The lowest BCUT2D eigenvalue weighted by Crippen LogP contribution is -2.06. The molecule has 0 aliphatic rings. The van der Waals surface area contributed by atoms with Gasteiger partial charge in [-0.2, -0.15) is 0 Å². The first-order valence-electron chi connectivity index (χ1n) is 5.61. The Kier molecular flexibility index (Phi) is 3.40. The molecule has 0 radical (unpaired) electrons. The second-order valence-electron chi connectivity index (χ2n) is 4.10. The van der Waals surface area contributed by atoms with E-state index in [1.54, 1.807) is 6.20 Å². The number of rotatable bonds is 3. The third kappa shape index (κ3) is 2.63. The van der Waals surface area contributed by atoms with E-state index in [2.05, 4.69) is 4.98 Å². The first kappa shape index (κ1) is 11.6. The molecule has 1 aromatic heterocycles. The summed E-state index contributed by atoms with van der Waals surface area (Å²) in [7, 11) is 0. The van der Waals surface area contributed by atoms with E-state index in [0.29, 0.717) is 12.1 Å². The molecule has 0 saturated heterocycles. The molecule has 3 N–H and O–H groups in total. The summed E-state index contributed by atoms with van der Waals surface area (Å²) in [4.78, 5) is 4.17. The second kappa shape index (κ2) is 4.97. The molecule has 0 amide bonds. The fraction of sp³-hybridized carbons (Fsp3) is 0.214. The molecule has 0 aliphatic heterocycles. The van der Waals surface area contributed by atoms with Gasteiger partial charge < -0.3 is 10.8 Å². The predicted octanol–water partition coefficient (Wildman–Crippen LogP) is 2.25. The molecule has 1 unspecified atom stereocenters. The average Bonchev–Trinajstić information content (AvgIpc) is 2.32. The number of pyridine rings is 1. The highest BCUT2D eigenvalue weighted by Crippen LogP contribution is 2.22. The molecule has 0 bridgehead atoms. The van der Waals surface area contributed by atoms with Crippen LogP contribution in [0, 0.1) is 6.92 Å².